The SMILES string of the molecule is COc1ccc(CN2CCC(C(N)=S)CC2)cc1Br. The van der Waals surface area contributed by atoms with E-state index in [-0.39, 0.29) is 0 Å². The molecule has 104 valence electrons. The van der Waals surface area contributed by atoms with Crippen LogP contribution >= 0.6 is 28.1 Å². The largest absolute Gasteiger partial charge is 0.496 e. The van der Waals surface area contributed by atoms with Crippen molar-refractivity contribution in [3.63, 3.8) is 0 Å². The Hall–Kier alpha value is -0.650. The average Bonchev–Trinajstić information content (AvgIpc) is 2.39. The van der Waals surface area contributed by atoms with Crippen molar-refractivity contribution in [2.24, 2.45) is 11.7 Å². The third-order valence-electron chi connectivity index (χ3n) is 3.61. The Kier molecular flexibility index (Phi) is 5.19. The summed E-state index contributed by atoms with van der Waals surface area (Å²) in [5, 5.41) is 0. The molecule has 19 heavy (non-hydrogen) atoms. The molecule has 1 aromatic carbocycles. The number of methoxy groups -OCH3 is 1. The first-order chi connectivity index (χ1) is 9.10. The van der Waals surface area contributed by atoms with Gasteiger partial charge in [-0.15, -0.1) is 0 Å². The molecule has 0 unspecified atom stereocenters. The smallest absolute Gasteiger partial charge is 0.133 e. The van der Waals surface area contributed by atoms with Gasteiger partial charge in [-0.25, -0.2) is 0 Å². The van der Waals surface area contributed by atoms with E-state index in [1.54, 1.807) is 7.11 Å². The molecule has 3 nitrogen and oxygen atoms in total. The van der Waals surface area contributed by atoms with Crippen LogP contribution in [0.25, 0.3) is 0 Å². The fourth-order valence-electron chi connectivity index (χ4n) is 2.44. The summed E-state index contributed by atoms with van der Waals surface area (Å²) in [4.78, 5) is 3.12. The number of piperidine rings is 1. The first-order valence-electron chi connectivity index (χ1n) is 6.44. The van der Waals surface area contributed by atoms with Crippen LogP contribution in [0.5, 0.6) is 5.75 Å². The lowest BCUT2D eigenvalue weighted by atomic mass is 9.96. The summed E-state index contributed by atoms with van der Waals surface area (Å²) in [5.41, 5.74) is 7.00. The molecule has 0 bridgehead atoms. The zero-order valence-electron chi connectivity index (χ0n) is 11.1. The predicted octanol–water partition coefficient (Wildman–Crippen LogP) is 2.96. The molecule has 2 rings (SSSR count). The van der Waals surface area contributed by atoms with Crippen LogP contribution in [0.15, 0.2) is 22.7 Å². The predicted molar refractivity (Wildman–Crippen MR) is 85.5 cm³/mol. The third-order valence-corrected chi connectivity index (χ3v) is 4.57. The van der Waals surface area contributed by atoms with E-state index in [2.05, 4.69) is 33.0 Å². The van der Waals surface area contributed by atoms with Gasteiger partial charge in [-0.05, 0) is 59.6 Å². The van der Waals surface area contributed by atoms with E-state index in [1.165, 1.54) is 5.56 Å². The summed E-state index contributed by atoms with van der Waals surface area (Å²) >= 11 is 8.59. The highest BCUT2D eigenvalue weighted by Gasteiger charge is 2.21. The molecule has 1 fully saturated rings. The maximum Gasteiger partial charge on any atom is 0.133 e. The molecule has 0 radical (unpaired) electrons. The molecule has 2 N–H and O–H groups in total. The lowest BCUT2D eigenvalue weighted by molar-refractivity contribution is 0.202. The van der Waals surface area contributed by atoms with E-state index >= 15 is 0 Å². The molecule has 0 atom stereocenters. The van der Waals surface area contributed by atoms with E-state index in [0.29, 0.717) is 10.9 Å². The molecule has 0 amide bonds. The molecule has 0 aromatic heterocycles. The maximum absolute atomic E-state index is 5.71. The number of nitrogens with two attached hydrogens (primary N) is 1. The van der Waals surface area contributed by atoms with Crippen LogP contribution in [0, 0.1) is 5.92 Å². The van der Waals surface area contributed by atoms with E-state index < -0.39 is 0 Å². The fourth-order valence-corrected chi connectivity index (χ4v) is 3.27. The number of likely N-dealkylation sites (tertiary alicyclic amines) is 1. The van der Waals surface area contributed by atoms with E-state index in [9.17, 15) is 0 Å². The van der Waals surface area contributed by atoms with E-state index in [1.807, 2.05) is 6.07 Å². The second-order valence-corrected chi connectivity index (χ2v) is 6.25. The number of hydrogen-bond acceptors (Lipinski definition) is 3. The Bertz CT molecular complexity index is 459. The number of rotatable bonds is 4. The van der Waals surface area contributed by atoms with Gasteiger partial charge in [-0.1, -0.05) is 18.3 Å². The van der Waals surface area contributed by atoms with Crippen LogP contribution in [0.2, 0.25) is 0 Å². The van der Waals surface area contributed by atoms with Crippen molar-refractivity contribution in [2.45, 2.75) is 19.4 Å². The number of nitrogens with zero attached hydrogens (tertiary/aromatic N) is 1. The molecule has 1 heterocycles. The highest BCUT2D eigenvalue weighted by atomic mass is 79.9. The summed E-state index contributed by atoms with van der Waals surface area (Å²) in [6.45, 7) is 3.09. The van der Waals surface area contributed by atoms with Gasteiger partial charge in [0, 0.05) is 12.5 Å². The molecule has 1 aliphatic heterocycles. The van der Waals surface area contributed by atoms with Gasteiger partial charge in [0.25, 0.3) is 0 Å². The Labute approximate surface area is 128 Å². The van der Waals surface area contributed by atoms with Crippen LogP contribution in [0.3, 0.4) is 0 Å². The van der Waals surface area contributed by atoms with Gasteiger partial charge in [0.2, 0.25) is 0 Å². The molecule has 1 saturated heterocycles. The number of halogens is 1. The second-order valence-electron chi connectivity index (χ2n) is 4.92. The van der Waals surface area contributed by atoms with Crippen molar-refractivity contribution < 1.29 is 4.74 Å². The maximum atomic E-state index is 5.71. The van der Waals surface area contributed by atoms with Gasteiger partial charge < -0.3 is 10.5 Å². The van der Waals surface area contributed by atoms with Crippen LogP contribution in [-0.2, 0) is 6.54 Å². The lowest BCUT2D eigenvalue weighted by Crippen LogP contribution is -2.37. The number of hydrogen-bond donors (Lipinski definition) is 1. The fraction of sp³-hybridized carbons (Fsp3) is 0.500. The van der Waals surface area contributed by atoms with Crippen LogP contribution < -0.4 is 10.5 Å². The molecule has 0 saturated carbocycles. The van der Waals surface area contributed by atoms with Gasteiger partial charge in [-0.2, -0.15) is 0 Å². The van der Waals surface area contributed by atoms with Crippen LogP contribution in [0.4, 0.5) is 0 Å². The molecule has 1 aromatic rings. The van der Waals surface area contributed by atoms with E-state index in [0.717, 1.165) is 42.7 Å². The number of ether oxygens (including phenoxy) is 1. The average molecular weight is 343 g/mol. The van der Waals surface area contributed by atoms with Crippen molar-refractivity contribution in [3.05, 3.63) is 28.2 Å². The molecular weight excluding hydrogens is 324 g/mol. The van der Waals surface area contributed by atoms with Gasteiger partial charge >= 0.3 is 0 Å². The van der Waals surface area contributed by atoms with Gasteiger partial charge in [0.05, 0.1) is 16.6 Å². The minimum Gasteiger partial charge on any atom is -0.496 e. The van der Waals surface area contributed by atoms with Crippen molar-refractivity contribution >= 4 is 33.1 Å². The van der Waals surface area contributed by atoms with Crippen molar-refractivity contribution in [2.75, 3.05) is 20.2 Å². The Morgan fingerprint density at radius 1 is 1.47 bits per heavy atom. The minimum atomic E-state index is 0.425. The van der Waals surface area contributed by atoms with Crippen molar-refractivity contribution in [1.82, 2.24) is 4.90 Å². The van der Waals surface area contributed by atoms with Gasteiger partial charge in [-0.3, -0.25) is 4.90 Å². The van der Waals surface area contributed by atoms with Gasteiger partial charge in [0.15, 0.2) is 0 Å². The molecule has 0 aliphatic carbocycles. The molecule has 5 heteroatoms. The topological polar surface area (TPSA) is 38.5 Å². The lowest BCUT2D eigenvalue weighted by Gasteiger charge is -2.31. The van der Waals surface area contributed by atoms with Crippen LogP contribution in [-0.4, -0.2) is 30.1 Å². The summed E-state index contributed by atoms with van der Waals surface area (Å²) in [6.07, 6.45) is 2.15. The standard InChI is InChI=1S/C14H19BrN2OS/c1-18-13-3-2-10(8-12(13)15)9-17-6-4-11(5-7-17)14(16)19/h2-3,8,11H,4-7,9H2,1H3,(H2,16,19). The summed E-state index contributed by atoms with van der Waals surface area (Å²) in [7, 11) is 1.68. The van der Waals surface area contributed by atoms with Gasteiger partial charge in [0.1, 0.15) is 5.75 Å². The minimum absolute atomic E-state index is 0.425. The normalized spacial score (nSPS) is 17.4. The monoisotopic (exact) mass is 342 g/mol. The number of thiocarbonyl (C=S) groups is 1. The molecular formula is C14H19BrN2OS. The third kappa shape index (κ3) is 3.91. The molecule has 0 spiro atoms. The Morgan fingerprint density at radius 3 is 2.68 bits per heavy atom. The second kappa shape index (κ2) is 6.68. The summed E-state index contributed by atoms with van der Waals surface area (Å²) in [6, 6.07) is 6.24. The number of benzene rings is 1. The summed E-state index contributed by atoms with van der Waals surface area (Å²) in [5.74, 6) is 1.30. The highest BCUT2D eigenvalue weighted by Crippen LogP contribution is 2.27. The zero-order chi connectivity index (χ0) is 13.8. The summed E-state index contributed by atoms with van der Waals surface area (Å²) < 4.78 is 6.25. The Balaban J connectivity index is 1.92. The zero-order valence-corrected chi connectivity index (χ0v) is 13.5. The molecule has 1 aliphatic rings. The highest BCUT2D eigenvalue weighted by molar-refractivity contribution is 9.10. The Morgan fingerprint density at radius 2 is 2.16 bits per heavy atom. The van der Waals surface area contributed by atoms with E-state index in [4.69, 9.17) is 22.7 Å². The first-order valence-corrected chi connectivity index (χ1v) is 7.64. The first kappa shape index (κ1) is 14.8. The quantitative estimate of drug-likeness (QED) is 0.853. The van der Waals surface area contributed by atoms with Crippen molar-refractivity contribution in [3.8, 4) is 5.75 Å². The van der Waals surface area contributed by atoms with Crippen LogP contribution in [0.1, 0.15) is 18.4 Å². The van der Waals surface area contributed by atoms with Crippen molar-refractivity contribution in [1.29, 1.82) is 0 Å².